The van der Waals surface area contributed by atoms with Gasteiger partial charge in [-0.25, -0.2) is 18.0 Å². The number of sulfonamides is 1. The van der Waals surface area contributed by atoms with Crippen molar-refractivity contribution in [1.82, 2.24) is 5.32 Å². The van der Waals surface area contributed by atoms with E-state index in [1.807, 2.05) is 0 Å². The number of carboxylic acid groups (broad SMARTS) is 1. The maximum Gasteiger partial charge on any atom is 0.407 e. The highest BCUT2D eigenvalue weighted by Crippen LogP contribution is 2.34. The van der Waals surface area contributed by atoms with Crippen molar-refractivity contribution in [2.75, 3.05) is 17.1 Å². The van der Waals surface area contributed by atoms with Crippen LogP contribution in [0.25, 0.3) is 0 Å². The van der Waals surface area contributed by atoms with E-state index in [0.717, 1.165) is 6.26 Å². The number of anilines is 1. The fraction of sp³-hybridized carbons (Fsp3) is 0.500. The van der Waals surface area contributed by atoms with E-state index in [0.29, 0.717) is 23.2 Å². The summed E-state index contributed by atoms with van der Waals surface area (Å²) in [5.41, 5.74) is 0.944. The van der Waals surface area contributed by atoms with E-state index in [2.05, 4.69) is 5.32 Å². The first-order chi connectivity index (χ1) is 11.4. The molecule has 2 rings (SSSR count). The second-order valence-corrected chi connectivity index (χ2v) is 8.79. The molecule has 0 atom stereocenters. The van der Waals surface area contributed by atoms with Gasteiger partial charge in [0.1, 0.15) is 5.60 Å². The Balaban J connectivity index is 2.33. The molecule has 1 aliphatic rings. The van der Waals surface area contributed by atoms with Crippen LogP contribution >= 0.6 is 0 Å². The fourth-order valence-electron chi connectivity index (χ4n) is 2.67. The number of nitrogens with one attached hydrogen (secondary N) is 1. The third-order valence-corrected chi connectivity index (χ3v) is 4.80. The number of carboxylic acids is 1. The van der Waals surface area contributed by atoms with E-state index >= 15 is 0 Å². The maximum atomic E-state index is 11.9. The summed E-state index contributed by atoms with van der Waals surface area (Å²) < 4.78 is 30.1. The molecule has 0 saturated heterocycles. The van der Waals surface area contributed by atoms with Gasteiger partial charge in [0.05, 0.1) is 17.5 Å². The van der Waals surface area contributed by atoms with Crippen LogP contribution in [0.3, 0.4) is 0 Å². The number of rotatable bonds is 4. The summed E-state index contributed by atoms with van der Waals surface area (Å²) in [5, 5.41) is 11.9. The lowest BCUT2D eigenvalue weighted by Crippen LogP contribution is -2.32. The molecule has 0 spiro atoms. The normalized spacial score (nSPS) is 14.2. The molecule has 138 valence electrons. The minimum absolute atomic E-state index is 0.0321. The third-order valence-electron chi connectivity index (χ3n) is 3.62. The van der Waals surface area contributed by atoms with Crippen LogP contribution in [0.2, 0.25) is 0 Å². The van der Waals surface area contributed by atoms with Crippen molar-refractivity contribution in [3.63, 3.8) is 0 Å². The van der Waals surface area contributed by atoms with Gasteiger partial charge in [-0.1, -0.05) is 0 Å². The first-order valence-electron chi connectivity index (χ1n) is 7.72. The minimum atomic E-state index is -3.50. The minimum Gasteiger partial charge on any atom is -0.478 e. The van der Waals surface area contributed by atoms with Crippen LogP contribution in [-0.2, 0) is 27.7 Å². The van der Waals surface area contributed by atoms with Crippen LogP contribution < -0.4 is 9.62 Å². The monoisotopic (exact) mass is 370 g/mol. The molecular formula is C16H22N2O6S. The molecule has 9 heteroatoms. The summed E-state index contributed by atoms with van der Waals surface area (Å²) >= 11 is 0. The fourth-order valence-corrected chi connectivity index (χ4v) is 3.61. The van der Waals surface area contributed by atoms with Crippen LogP contribution in [0.1, 0.15) is 42.3 Å². The predicted molar refractivity (Wildman–Crippen MR) is 92.4 cm³/mol. The molecule has 2 N–H and O–H groups in total. The Kier molecular flexibility index (Phi) is 4.99. The van der Waals surface area contributed by atoms with E-state index in [-0.39, 0.29) is 18.7 Å². The second-order valence-electron chi connectivity index (χ2n) is 6.88. The number of hydrogen-bond acceptors (Lipinski definition) is 5. The lowest BCUT2D eigenvalue weighted by molar-refractivity contribution is 0.0523. The number of amides is 1. The molecule has 1 amide bonds. The van der Waals surface area contributed by atoms with Crippen molar-refractivity contribution in [2.24, 2.45) is 0 Å². The van der Waals surface area contributed by atoms with Crippen LogP contribution in [0, 0.1) is 0 Å². The van der Waals surface area contributed by atoms with Crippen LogP contribution in [0.4, 0.5) is 10.5 Å². The summed E-state index contributed by atoms with van der Waals surface area (Å²) in [6.45, 7) is 5.50. The Morgan fingerprint density at radius 1 is 1.32 bits per heavy atom. The highest BCUT2D eigenvalue weighted by Gasteiger charge is 2.29. The molecule has 1 aromatic rings. The number of nitrogens with zero attached hydrogens (tertiary/aromatic N) is 1. The molecule has 0 unspecified atom stereocenters. The molecule has 8 nitrogen and oxygen atoms in total. The van der Waals surface area contributed by atoms with Gasteiger partial charge < -0.3 is 15.2 Å². The third kappa shape index (κ3) is 4.62. The average Bonchev–Trinajstić information content (AvgIpc) is 2.86. The molecule has 0 saturated carbocycles. The number of fused-ring (bicyclic) bond motifs is 1. The van der Waals surface area contributed by atoms with Gasteiger partial charge in [-0.05, 0) is 50.5 Å². The Labute approximate surface area is 146 Å². The first kappa shape index (κ1) is 19.0. The summed E-state index contributed by atoms with van der Waals surface area (Å²) in [6.07, 6.45) is 0.905. The van der Waals surface area contributed by atoms with Crippen molar-refractivity contribution in [3.8, 4) is 0 Å². The Hall–Kier alpha value is -2.29. The number of aromatic carboxylic acids is 1. The van der Waals surface area contributed by atoms with Crippen molar-refractivity contribution in [2.45, 2.75) is 39.3 Å². The van der Waals surface area contributed by atoms with Crippen LogP contribution in [0.15, 0.2) is 12.1 Å². The van der Waals surface area contributed by atoms with Crippen molar-refractivity contribution < 1.29 is 27.9 Å². The average molecular weight is 370 g/mol. The van der Waals surface area contributed by atoms with Crippen molar-refractivity contribution >= 4 is 27.8 Å². The molecule has 0 bridgehead atoms. The van der Waals surface area contributed by atoms with E-state index in [4.69, 9.17) is 4.74 Å². The number of carbonyl (C=O) groups is 2. The Bertz CT molecular complexity index is 811. The van der Waals surface area contributed by atoms with Crippen LogP contribution in [0.5, 0.6) is 0 Å². The van der Waals surface area contributed by atoms with Crippen LogP contribution in [-0.4, -0.2) is 44.0 Å². The predicted octanol–water partition coefficient (Wildman–Crippen LogP) is 1.73. The highest BCUT2D eigenvalue weighted by molar-refractivity contribution is 7.92. The Morgan fingerprint density at radius 3 is 2.48 bits per heavy atom. The van der Waals surface area contributed by atoms with Crippen molar-refractivity contribution in [1.29, 1.82) is 0 Å². The van der Waals surface area contributed by atoms with E-state index in [1.165, 1.54) is 16.4 Å². The number of ether oxygens (including phenoxy) is 1. The van der Waals surface area contributed by atoms with Gasteiger partial charge in [-0.2, -0.15) is 0 Å². The summed E-state index contributed by atoms with van der Waals surface area (Å²) in [7, 11) is -3.50. The lowest BCUT2D eigenvalue weighted by atomic mass is 10.0. The molecular weight excluding hydrogens is 348 g/mol. The van der Waals surface area contributed by atoms with Gasteiger partial charge in [-0.3, -0.25) is 4.31 Å². The zero-order chi connectivity index (χ0) is 19.0. The molecule has 0 aromatic heterocycles. The van der Waals surface area contributed by atoms with Gasteiger partial charge in [0.25, 0.3) is 0 Å². The SMILES string of the molecule is CC(C)(C)OC(=O)NCc1cc(C(=O)O)cc2c1CCN2S(C)(=O)=O. The standard InChI is InChI=1S/C16H22N2O6S/c1-16(2,3)24-15(21)17-9-11-7-10(14(19)20)8-13-12(11)5-6-18(13)25(4,22)23/h7-8H,5-6,9H2,1-4H3,(H,17,21)(H,19,20). The summed E-state index contributed by atoms with van der Waals surface area (Å²) in [5.74, 6) is -1.17. The van der Waals surface area contributed by atoms with E-state index < -0.39 is 27.7 Å². The van der Waals surface area contributed by atoms with Gasteiger partial charge in [-0.15, -0.1) is 0 Å². The molecule has 1 heterocycles. The summed E-state index contributed by atoms with van der Waals surface area (Å²) in [4.78, 5) is 23.2. The van der Waals surface area contributed by atoms with Gasteiger partial charge >= 0.3 is 12.1 Å². The molecule has 1 aromatic carbocycles. The van der Waals surface area contributed by atoms with E-state index in [1.54, 1.807) is 20.8 Å². The number of hydrogen-bond donors (Lipinski definition) is 2. The number of benzene rings is 1. The zero-order valence-electron chi connectivity index (χ0n) is 14.6. The molecule has 0 fully saturated rings. The molecule has 25 heavy (non-hydrogen) atoms. The molecule has 1 aliphatic heterocycles. The second kappa shape index (κ2) is 6.55. The largest absolute Gasteiger partial charge is 0.478 e. The van der Waals surface area contributed by atoms with Gasteiger partial charge in [0.15, 0.2) is 0 Å². The quantitative estimate of drug-likeness (QED) is 0.834. The molecule has 0 aliphatic carbocycles. The zero-order valence-corrected chi connectivity index (χ0v) is 15.4. The first-order valence-corrected chi connectivity index (χ1v) is 9.57. The smallest absolute Gasteiger partial charge is 0.407 e. The van der Waals surface area contributed by atoms with E-state index in [9.17, 15) is 23.1 Å². The topological polar surface area (TPSA) is 113 Å². The molecule has 0 radical (unpaired) electrons. The van der Waals surface area contributed by atoms with Crippen molar-refractivity contribution in [3.05, 3.63) is 28.8 Å². The highest BCUT2D eigenvalue weighted by atomic mass is 32.2. The van der Waals surface area contributed by atoms with Gasteiger partial charge in [0, 0.05) is 13.1 Å². The number of alkyl carbamates (subject to hydrolysis) is 1. The summed E-state index contributed by atoms with van der Waals surface area (Å²) in [6, 6.07) is 2.80. The number of carbonyl (C=O) groups excluding carboxylic acids is 1. The Morgan fingerprint density at radius 2 is 1.96 bits per heavy atom. The lowest BCUT2D eigenvalue weighted by Gasteiger charge is -2.20. The maximum absolute atomic E-state index is 11.9. The van der Waals surface area contributed by atoms with Gasteiger partial charge in [0.2, 0.25) is 10.0 Å².